The molecule has 128 valence electrons. The Morgan fingerprint density at radius 3 is 2.38 bits per heavy atom. The summed E-state index contributed by atoms with van der Waals surface area (Å²) in [4.78, 5) is 28.1. The molecule has 2 aromatic carbocycles. The third-order valence-electron chi connectivity index (χ3n) is 3.83. The average Bonchev–Trinajstić information content (AvgIpc) is 2.99. The Hall–Kier alpha value is -3.92. The van der Waals surface area contributed by atoms with Gasteiger partial charge in [-0.1, -0.05) is 24.3 Å². The van der Waals surface area contributed by atoms with Crippen LogP contribution in [0.4, 0.5) is 5.69 Å². The Bertz CT molecular complexity index is 998. The van der Waals surface area contributed by atoms with Crippen molar-refractivity contribution in [3.63, 3.8) is 0 Å². The molecule has 0 aliphatic carbocycles. The summed E-state index contributed by atoms with van der Waals surface area (Å²) in [5.41, 5.74) is 8.07. The second-order valence-electron chi connectivity index (χ2n) is 5.40. The van der Waals surface area contributed by atoms with Crippen LogP contribution in [0, 0.1) is 11.3 Å². The SMILES string of the molecule is COC(=O)c1ccc(NC(=O)C(C#N)=C2N=C(N)c3ccccc32)cc1. The van der Waals surface area contributed by atoms with Crippen LogP contribution in [0.5, 0.6) is 0 Å². The van der Waals surface area contributed by atoms with Gasteiger partial charge in [0, 0.05) is 16.8 Å². The van der Waals surface area contributed by atoms with Gasteiger partial charge in [0.2, 0.25) is 0 Å². The van der Waals surface area contributed by atoms with E-state index in [0.29, 0.717) is 22.4 Å². The number of esters is 1. The number of hydrogen-bond acceptors (Lipinski definition) is 6. The second-order valence-corrected chi connectivity index (χ2v) is 5.40. The van der Waals surface area contributed by atoms with Crippen LogP contribution < -0.4 is 11.1 Å². The maximum absolute atomic E-state index is 12.5. The molecule has 7 nitrogen and oxygen atoms in total. The van der Waals surface area contributed by atoms with Gasteiger partial charge >= 0.3 is 5.97 Å². The topological polar surface area (TPSA) is 118 Å². The predicted molar refractivity (Wildman–Crippen MR) is 96.1 cm³/mol. The first-order valence-corrected chi connectivity index (χ1v) is 7.63. The van der Waals surface area contributed by atoms with Gasteiger partial charge in [-0.25, -0.2) is 9.79 Å². The van der Waals surface area contributed by atoms with Crippen molar-refractivity contribution in [2.45, 2.75) is 0 Å². The Morgan fingerprint density at radius 2 is 1.77 bits per heavy atom. The van der Waals surface area contributed by atoms with Crippen molar-refractivity contribution in [1.29, 1.82) is 5.26 Å². The standard InChI is InChI=1S/C19H14N4O3/c1-26-19(25)11-6-8-12(9-7-11)22-18(24)15(10-20)16-13-4-2-3-5-14(13)17(21)23-16/h2-9H,1H3,(H2,21,23)(H,22,24). The molecule has 3 N–H and O–H groups in total. The average molecular weight is 346 g/mol. The molecule has 0 unspecified atom stereocenters. The third-order valence-corrected chi connectivity index (χ3v) is 3.83. The van der Waals surface area contributed by atoms with Crippen LogP contribution in [0.3, 0.4) is 0 Å². The van der Waals surface area contributed by atoms with Gasteiger partial charge in [-0.3, -0.25) is 4.79 Å². The number of nitrogens with one attached hydrogen (secondary N) is 1. The predicted octanol–water partition coefficient (Wildman–Crippen LogP) is 2.07. The van der Waals surface area contributed by atoms with E-state index in [0.717, 1.165) is 0 Å². The van der Waals surface area contributed by atoms with E-state index in [1.165, 1.54) is 19.2 Å². The number of hydrogen-bond donors (Lipinski definition) is 2. The number of nitrogens with two attached hydrogens (primary N) is 1. The number of ether oxygens (including phenoxy) is 1. The quantitative estimate of drug-likeness (QED) is 0.501. The van der Waals surface area contributed by atoms with Crippen molar-refractivity contribution in [3.05, 3.63) is 70.8 Å². The van der Waals surface area contributed by atoms with Crippen LogP contribution in [-0.4, -0.2) is 24.8 Å². The summed E-state index contributed by atoms with van der Waals surface area (Å²) in [7, 11) is 1.29. The molecule has 1 amide bonds. The third kappa shape index (κ3) is 3.03. The van der Waals surface area contributed by atoms with E-state index in [4.69, 9.17) is 5.73 Å². The van der Waals surface area contributed by atoms with Crippen LogP contribution >= 0.6 is 0 Å². The molecule has 3 rings (SSSR count). The Morgan fingerprint density at radius 1 is 1.12 bits per heavy atom. The van der Waals surface area contributed by atoms with Gasteiger partial charge in [0.05, 0.1) is 18.4 Å². The van der Waals surface area contributed by atoms with E-state index in [-0.39, 0.29) is 17.1 Å². The van der Waals surface area contributed by atoms with Crippen LogP contribution in [0.25, 0.3) is 5.70 Å². The summed E-state index contributed by atoms with van der Waals surface area (Å²) in [5, 5.41) is 12.1. The van der Waals surface area contributed by atoms with Crippen molar-refractivity contribution < 1.29 is 14.3 Å². The van der Waals surface area contributed by atoms with Crippen LogP contribution in [0.1, 0.15) is 21.5 Å². The fourth-order valence-corrected chi connectivity index (χ4v) is 2.56. The fraction of sp³-hybridized carbons (Fsp3) is 0.0526. The maximum atomic E-state index is 12.5. The Balaban J connectivity index is 1.90. The van der Waals surface area contributed by atoms with Gasteiger partial charge < -0.3 is 15.8 Å². The maximum Gasteiger partial charge on any atom is 0.337 e. The number of benzene rings is 2. The number of carbonyl (C=O) groups excluding carboxylic acids is 2. The molecule has 0 radical (unpaired) electrons. The fourth-order valence-electron chi connectivity index (χ4n) is 2.56. The number of rotatable bonds is 3. The summed E-state index contributed by atoms with van der Waals surface area (Å²) in [5.74, 6) is -0.824. The molecule has 0 atom stereocenters. The monoisotopic (exact) mass is 346 g/mol. The molecule has 1 aliphatic rings. The Labute approximate surface area is 149 Å². The van der Waals surface area contributed by atoms with E-state index >= 15 is 0 Å². The first-order chi connectivity index (χ1) is 12.5. The normalized spacial score (nSPS) is 13.9. The number of amides is 1. The van der Waals surface area contributed by atoms with Crippen LogP contribution in [0.15, 0.2) is 59.1 Å². The molecule has 7 heteroatoms. The van der Waals surface area contributed by atoms with Crippen molar-refractivity contribution in [3.8, 4) is 6.07 Å². The van der Waals surface area contributed by atoms with E-state index in [9.17, 15) is 14.9 Å². The number of methoxy groups -OCH3 is 1. The zero-order chi connectivity index (χ0) is 18.7. The van der Waals surface area contributed by atoms with Gasteiger partial charge in [-0.15, -0.1) is 0 Å². The molecular weight excluding hydrogens is 332 g/mol. The molecule has 0 fully saturated rings. The minimum atomic E-state index is -0.610. The number of amidine groups is 1. The van der Waals surface area contributed by atoms with Gasteiger partial charge in [0.15, 0.2) is 0 Å². The largest absolute Gasteiger partial charge is 0.465 e. The summed E-state index contributed by atoms with van der Waals surface area (Å²) in [6, 6.07) is 15.1. The molecule has 2 aromatic rings. The summed E-state index contributed by atoms with van der Waals surface area (Å²) in [6.07, 6.45) is 0. The second kappa shape index (κ2) is 6.91. The minimum Gasteiger partial charge on any atom is -0.465 e. The van der Waals surface area contributed by atoms with Gasteiger partial charge in [-0.2, -0.15) is 5.26 Å². The smallest absolute Gasteiger partial charge is 0.337 e. The van der Waals surface area contributed by atoms with Gasteiger partial charge in [-0.05, 0) is 24.3 Å². The zero-order valence-electron chi connectivity index (χ0n) is 13.8. The lowest BCUT2D eigenvalue weighted by Gasteiger charge is -2.07. The molecule has 0 bridgehead atoms. The molecule has 0 saturated carbocycles. The van der Waals surface area contributed by atoms with E-state index in [1.54, 1.807) is 36.4 Å². The highest BCUT2D eigenvalue weighted by Gasteiger charge is 2.24. The van der Waals surface area contributed by atoms with Gasteiger partial charge in [0.1, 0.15) is 17.5 Å². The highest BCUT2D eigenvalue weighted by Crippen LogP contribution is 2.30. The number of nitriles is 1. The van der Waals surface area contributed by atoms with Crippen molar-refractivity contribution >= 4 is 29.1 Å². The molecule has 0 saturated heterocycles. The number of carbonyl (C=O) groups is 2. The lowest BCUT2D eigenvalue weighted by molar-refractivity contribution is -0.112. The number of fused-ring (bicyclic) bond motifs is 1. The molecule has 1 heterocycles. The first kappa shape index (κ1) is 16.9. The minimum absolute atomic E-state index is 0.144. The first-order valence-electron chi connectivity index (χ1n) is 7.63. The van der Waals surface area contributed by atoms with Crippen molar-refractivity contribution in [2.24, 2.45) is 10.7 Å². The van der Waals surface area contributed by atoms with Gasteiger partial charge in [0.25, 0.3) is 5.91 Å². The van der Waals surface area contributed by atoms with E-state index < -0.39 is 11.9 Å². The summed E-state index contributed by atoms with van der Waals surface area (Å²) in [6.45, 7) is 0. The molecule has 26 heavy (non-hydrogen) atoms. The summed E-state index contributed by atoms with van der Waals surface area (Å²) >= 11 is 0. The number of anilines is 1. The van der Waals surface area contributed by atoms with E-state index in [1.807, 2.05) is 6.07 Å². The number of nitrogens with zero attached hydrogens (tertiary/aromatic N) is 2. The number of aliphatic imine (C=N–C) groups is 1. The highest BCUT2D eigenvalue weighted by atomic mass is 16.5. The molecule has 0 aromatic heterocycles. The van der Waals surface area contributed by atoms with Crippen LogP contribution in [0.2, 0.25) is 0 Å². The summed E-state index contributed by atoms with van der Waals surface area (Å²) < 4.78 is 4.62. The lowest BCUT2D eigenvalue weighted by Crippen LogP contribution is -2.15. The van der Waals surface area contributed by atoms with Crippen molar-refractivity contribution in [2.75, 3.05) is 12.4 Å². The van der Waals surface area contributed by atoms with Crippen LogP contribution in [-0.2, 0) is 9.53 Å². The highest BCUT2D eigenvalue weighted by molar-refractivity contribution is 6.17. The molecule has 1 aliphatic heterocycles. The molecular formula is C19H14N4O3. The Kier molecular flexibility index (Phi) is 4.50. The van der Waals surface area contributed by atoms with E-state index in [2.05, 4.69) is 15.0 Å². The van der Waals surface area contributed by atoms with Crippen molar-refractivity contribution in [1.82, 2.24) is 0 Å². The molecule has 0 spiro atoms. The zero-order valence-corrected chi connectivity index (χ0v) is 13.8. The lowest BCUT2D eigenvalue weighted by atomic mass is 10.0.